The van der Waals surface area contributed by atoms with Gasteiger partial charge in [-0.2, -0.15) is 0 Å². The SMILES string of the molecule is CC(=O)NC[C@H]1O[C@@H](n2ccc(=O)[nH]c2=O)C[C@@H]1NC(C)=O. The molecule has 3 atom stereocenters. The van der Waals surface area contributed by atoms with Crippen LogP contribution in [0.4, 0.5) is 0 Å². The summed E-state index contributed by atoms with van der Waals surface area (Å²) in [7, 11) is 0. The number of carbonyl (C=O) groups excluding carboxylic acids is 2. The van der Waals surface area contributed by atoms with Gasteiger partial charge in [-0.25, -0.2) is 4.79 Å². The van der Waals surface area contributed by atoms with Crippen LogP contribution in [-0.4, -0.2) is 40.1 Å². The van der Waals surface area contributed by atoms with Crippen LogP contribution in [0.2, 0.25) is 0 Å². The number of ether oxygens (including phenoxy) is 1. The molecular weight excluding hydrogens is 292 g/mol. The Morgan fingerprint density at radius 1 is 1.36 bits per heavy atom. The van der Waals surface area contributed by atoms with E-state index in [0.29, 0.717) is 6.42 Å². The second kappa shape index (κ2) is 6.56. The molecule has 0 aliphatic carbocycles. The van der Waals surface area contributed by atoms with Crippen LogP contribution in [0.1, 0.15) is 26.5 Å². The summed E-state index contributed by atoms with van der Waals surface area (Å²) in [6.07, 6.45) is 0.615. The number of hydrogen-bond acceptors (Lipinski definition) is 5. The van der Waals surface area contributed by atoms with Gasteiger partial charge in [-0.3, -0.25) is 23.9 Å². The summed E-state index contributed by atoms with van der Waals surface area (Å²) < 4.78 is 7.00. The monoisotopic (exact) mass is 310 g/mol. The molecule has 2 heterocycles. The zero-order chi connectivity index (χ0) is 16.3. The molecule has 0 bridgehead atoms. The molecule has 0 spiro atoms. The number of amides is 2. The summed E-state index contributed by atoms with van der Waals surface area (Å²) in [5, 5.41) is 5.37. The Balaban J connectivity index is 2.17. The van der Waals surface area contributed by atoms with Crippen molar-refractivity contribution in [1.82, 2.24) is 20.2 Å². The molecule has 22 heavy (non-hydrogen) atoms. The Labute approximate surface area is 125 Å². The van der Waals surface area contributed by atoms with E-state index in [1.807, 2.05) is 0 Å². The van der Waals surface area contributed by atoms with Crippen LogP contribution in [0, 0.1) is 0 Å². The number of rotatable bonds is 4. The zero-order valence-corrected chi connectivity index (χ0v) is 12.3. The summed E-state index contributed by atoms with van der Waals surface area (Å²) in [5.74, 6) is -0.439. The lowest BCUT2D eigenvalue weighted by Crippen LogP contribution is -2.44. The van der Waals surface area contributed by atoms with Crippen molar-refractivity contribution in [3.8, 4) is 0 Å². The topological polar surface area (TPSA) is 122 Å². The molecule has 1 aliphatic rings. The van der Waals surface area contributed by atoms with Gasteiger partial charge in [0, 0.05) is 39.1 Å². The van der Waals surface area contributed by atoms with E-state index >= 15 is 0 Å². The lowest BCUT2D eigenvalue weighted by molar-refractivity contribution is -0.120. The van der Waals surface area contributed by atoms with Crippen molar-refractivity contribution in [2.24, 2.45) is 0 Å². The maximum Gasteiger partial charge on any atom is 0.330 e. The molecular formula is C13H18N4O5. The van der Waals surface area contributed by atoms with E-state index in [-0.39, 0.29) is 24.4 Å². The number of hydrogen-bond donors (Lipinski definition) is 3. The summed E-state index contributed by atoms with van der Waals surface area (Å²) in [6.45, 7) is 2.98. The molecule has 120 valence electrons. The van der Waals surface area contributed by atoms with E-state index in [4.69, 9.17) is 4.74 Å². The summed E-state index contributed by atoms with van der Waals surface area (Å²) >= 11 is 0. The summed E-state index contributed by atoms with van der Waals surface area (Å²) in [6, 6.07) is 0.882. The number of aromatic amines is 1. The predicted octanol–water partition coefficient (Wildman–Crippen LogP) is -1.54. The largest absolute Gasteiger partial charge is 0.354 e. The van der Waals surface area contributed by atoms with Crippen LogP contribution in [0.15, 0.2) is 21.9 Å². The van der Waals surface area contributed by atoms with Crippen molar-refractivity contribution >= 4 is 11.8 Å². The Morgan fingerprint density at radius 3 is 2.68 bits per heavy atom. The van der Waals surface area contributed by atoms with Crippen molar-refractivity contribution in [2.45, 2.75) is 38.6 Å². The Morgan fingerprint density at radius 2 is 2.09 bits per heavy atom. The molecule has 0 aromatic carbocycles. The number of H-pyrrole nitrogens is 1. The lowest BCUT2D eigenvalue weighted by atomic mass is 10.1. The summed E-state index contributed by atoms with van der Waals surface area (Å²) in [4.78, 5) is 47.3. The standard InChI is InChI=1S/C13H18N4O5/c1-7(18)14-6-10-9(15-8(2)19)5-12(22-10)17-4-3-11(20)16-13(17)21/h3-4,9-10,12H,5-6H2,1-2H3,(H,14,18)(H,15,19)(H,16,20,21)/t9-,10+,12+/m0/s1. The molecule has 9 nitrogen and oxygen atoms in total. The molecule has 2 amide bonds. The molecule has 3 N–H and O–H groups in total. The molecule has 1 aromatic rings. The van der Waals surface area contributed by atoms with E-state index in [2.05, 4.69) is 15.6 Å². The summed E-state index contributed by atoms with van der Waals surface area (Å²) in [5.41, 5.74) is -1.08. The first kappa shape index (κ1) is 16.0. The highest BCUT2D eigenvalue weighted by Crippen LogP contribution is 2.27. The number of carbonyl (C=O) groups is 2. The molecule has 1 saturated heterocycles. The average Bonchev–Trinajstić information content (AvgIpc) is 2.78. The fraction of sp³-hybridized carbons (Fsp3) is 0.538. The van der Waals surface area contributed by atoms with Crippen molar-refractivity contribution in [2.75, 3.05) is 6.54 Å². The van der Waals surface area contributed by atoms with Gasteiger partial charge in [0.05, 0.1) is 12.1 Å². The third-order valence-corrected chi connectivity index (χ3v) is 3.34. The maximum atomic E-state index is 11.8. The highest BCUT2D eigenvalue weighted by atomic mass is 16.5. The van der Waals surface area contributed by atoms with E-state index in [9.17, 15) is 19.2 Å². The second-order valence-electron chi connectivity index (χ2n) is 5.13. The molecule has 1 fully saturated rings. The smallest absolute Gasteiger partial charge is 0.330 e. The van der Waals surface area contributed by atoms with Gasteiger partial charge in [-0.05, 0) is 0 Å². The third kappa shape index (κ3) is 3.82. The van der Waals surface area contributed by atoms with Gasteiger partial charge in [0.15, 0.2) is 0 Å². The normalized spacial score (nSPS) is 24.0. The highest BCUT2D eigenvalue weighted by molar-refractivity contribution is 5.73. The fourth-order valence-electron chi connectivity index (χ4n) is 2.40. The minimum Gasteiger partial charge on any atom is -0.354 e. The van der Waals surface area contributed by atoms with Crippen molar-refractivity contribution in [3.05, 3.63) is 33.1 Å². The van der Waals surface area contributed by atoms with Crippen LogP contribution >= 0.6 is 0 Å². The number of nitrogens with zero attached hydrogens (tertiary/aromatic N) is 1. The second-order valence-corrected chi connectivity index (χ2v) is 5.13. The highest BCUT2D eigenvalue weighted by Gasteiger charge is 2.37. The molecule has 1 aromatic heterocycles. The van der Waals surface area contributed by atoms with E-state index in [1.165, 1.54) is 30.7 Å². The first-order valence-electron chi connectivity index (χ1n) is 6.85. The van der Waals surface area contributed by atoms with E-state index < -0.39 is 23.6 Å². The Bertz CT molecular complexity index is 679. The first-order valence-corrected chi connectivity index (χ1v) is 6.85. The van der Waals surface area contributed by atoms with Crippen LogP contribution < -0.4 is 21.9 Å². The Kier molecular flexibility index (Phi) is 4.76. The zero-order valence-electron chi connectivity index (χ0n) is 12.3. The number of nitrogens with one attached hydrogen (secondary N) is 3. The van der Waals surface area contributed by atoms with E-state index in [1.54, 1.807) is 0 Å². The van der Waals surface area contributed by atoms with Gasteiger partial charge < -0.3 is 15.4 Å². The molecule has 0 saturated carbocycles. The third-order valence-electron chi connectivity index (χ3n) is 3.34. The minimum absolute atomic E-state index is 0.213. The maximum absolute atomic E-state index is 11.8. The number of aromatic nitrogens is 2. The van der Waals surface area contributed by atoms with E-state index in [0.717, 1.165) is 0 Å². The fourth-order valence-corrected chi connectivity index (χ4v) is 2.40. The molecule has 9 heteroatoms. The van der Waals surface area contributed by atoms with Gasteiger partial charge in [0.2, 0.25) is 11.8 Å². The van der Waals surface area contributed by atoms with Gasteiger partial charge in [-0.15, -0.1) is 0 Å². The molecule has 0 radical (unpaired) electrons. The van der Waals surface area contributed by atoms with Crippen molar-refractivity contribution in [1.29, 1.82) is 0 Å². The Hall–Kier alpha value is -2.42. The van der Waals surface area contributed by atoms with Crippen LogP contribution in [-0.2, 0) is 14.3 Å². The quantitative estimate of drug-likeness (QED) is 0.622. The molecule has 1 aliphatic heterocycles. The molecule has 0 unspecified atom stereocenters. The minimum atomic E-state index is -0.625. The van der Waals surface area contributed by atoms with Crippen molar-refractivity contribution < 1.29 is 14.3 Å². The molecule has 2 rings (SSSR count). The van der Waals surface area contributed by atoms with Crippen molar-refractivity contribution in [3.63, 3.8) is 0 Å². The van der Waals surface area contributed by atoms with Gasteiger partial charge in [0.1, 0.15) is 6.23 Å². The van der Waals surface area contributed by atoms with Crippen LogP contribution in [0.3, 0.4) is 0 Å². The predicted molar refractivity (Wildman–Crippen MR) is 76.1 cm³/mol. The lowest BCUT2D eigenvalue weighted by Gasteiger charge is -2.19. The van der Waals surface area contributed by atoms with Gasteiger partial charge in [0.25, 0.3) is 5.56 Å². The van der Waals surface area contributed by atoms with Crippen LogP contribution in [0.25, 0.3) is 0 Å². The van der Waals surface area contributed by atoms with Gasteiger partial charge in [-0.1, -0.05) is 0 Å². The first-order chi connectivity index (χ1) is 10.4. The average molecular weight is 310 g/mol. The van der Waals surface area contributed by atoms with Gasteiger partial charge >= 0.3 is 5.69 Å². The van der Waals surface area contributed by atoms with Crippen LogP contribution in [0.5, 0.6) is 0 Å².